The van der Waals surface area contributed by atoms with Crippen LogP contribution in [0.25, 0.3) is 5.69 Å². The number of nitrogens with zero attached hydrogens (tertiary/aromatic N) is 4. The second-order valence-electron chi connectivity index (χ2n) is 6.78. The summed E-state index contributed by atoms with van der Waals surface area (Å²) >= 11 is 0. The van der Waals surface area contributed by atoms with Crippen molar-refractivity contribution in [1.82, 2.24) is 19.9 Å². The van der Waals surface area contributed by atoms with E-state index in [2.05, 4.69) is 10.2 Å². The first kappa shape index (κ1) is 18.2. The van der Waals surface area contributed by atoms with Crippen LogP contribution in [0.4, 0.5) is 0 Å². The Hall–Kier alpha value is -3.19. The molecular formula is C21H22N4O3. The van der Waals surface area contributed by atoms with Crippen LogP contribution in [-0.2, 0) is 0 Å². The van der Waals surface area contributed by atoms with Crippen molar-refractivity contribution in [3.05, 3.63) is 72.1 Å². The highest BCUT2D eigenvalue weighted by Crippen LogP contribution is 2.31. The van der Waals surface area contributed by atoms with Crippen LogP contribution in [-0.4, -0.2) is 50.6 Å². The van der Waals surface area contributed by atoms with Crippen LogP contribution < -0.4 is 4.74 Å². The minimum atomic E-state index is -0.762. The van der Waals surface area contributed by atoms with Gasteiger partial charge >= 0.3 is 0 Å². The summed E-state index contributed by atoms with van der Waals surface area (Å²) in [4.78, 5) is 16.2. The van der Waals surface area contributed by atoms with Crippen molar-refractivity contribution in [1.29, 1.82) is 0 Å². The molecule has 2 aromatic carbocycles. The number of ether oxygens (including phenoxy) is 1. The smallest absolute Gasteiger partial charge is 0.276 e. The maximum absolute atomic E-state index is 13.0. The lowest BCUT2D eigenvalue weighted by Gasteiger charge is -2.28. The Morgan fingerprint density at radius 3 is 2.64 bits per heavy atom. The molecule has 2 unspecified atom stereocenters. The first-order valence-electron chi connectivity index (χ1n) is 9.28. The van der Waals surface area contributed by atoms with Crippen LogP contribution in [0, 0.1) is 0 Å². The van der Waals surface area contributed by atoms with Crippen molar-refractivity contribution in [2.75, 3.05) is 13.7 Å². The zero-order chi connectivity index (χ0) is 19.5. The molecule has 0 aliphatic carbocycles. The van der Waals surface area contributed by atoms with E-state index in [1.807, 2.05) is 54.6 Å². The van der Waals surface area contributed by atoms with Gasteiger partial charge in [0.15, 0.2) is 5.69 Å². The molecule has 1 saturated heterocycles. The fourth-order valence-electron chi connectivity index (χ4n) is 3.59. The lowest BCUT2D eigenvalue weighted by molar-refractivity contribution is 0.0481. The van der Waals surface area contributed by atoms with Gasteiger partial charge in [-0.2, -0.15) is 9.90 Å². The first-order chi connectivity index (χ1) is 13.7. The summed E-state index contributed by atoms with van der Waals surface area (Å²) in [5.74, 6) is 0.519. The van der Waals surface area contributed by atoms with E-state index in [4.69, 9.17) is 4.74 Å². The zero-order valence-electron chi connectivity index (χ0n) is 15.6. The third kappa shape index (κ3) is 3.48. The molecule has 4 rings (SSSR count). The van der Waals surface area contributed by atoms with Crippen molar-refractivity contribution in [2.24, 2.45) is 0 Å². The largest absolute Gasteiger partial charge is 0.497 e. The molecule has 1 aliphatic rings. The van der Waals surface area contributed by atoms with Crippen LogP contribution in [0.3, 0.4) is 0 Å². The van der Waals surface area contributed by atoms with E-state index in [1.165, 1.54) is 11.0 Å². The fourth-order valence-corrected chi connectivity index (χ4v) is 3.59. The fraction of sp³-hybridized carbons (Fsp3) is 0.286. The SMILES string of the molecule is COc1ccc(C(O)C2CCCN2C(=O)c2cnn(-c3ccccc3)n2)cc1. The molecule has 0 spiro atoms. The van der Waals surface area contributed by atoms with E-state index in [0.717, 1.165) is 29.8 Å². The number of methoxy groups -OCH3 is 1. The molecule has 3 aromatic rings. The molecule has 144 valence electrons. The maximum atomic E-state index is 13.0. The lowest BCUT2D eigenvalue weighted by atomic mass is 10.00. The average molecular weight is 378 g/mol. The van der Waals surface area contributed by atoms with Crippen molar-refractivity contribution < 1.29 is 14.6 Å². The highest BCUT2D eigenvalue weighted by molar-refractivity contribution is 5.92. The van der Waals surface area contributed by atoms with Gasteiger partial charge in [0.05, 0.1) is 31.1 Å². The summed E-state index contributed by atoms with van der Waals surface area (Å²) in [5, 5.41) is 19.4. The Bertz CT molecular complexity index is 940. The van der Waals surface area contributed by atoms with Gasteiger partial charge in [0.2, 0.25) is 0 Å². The van der Waals surface area contributed by atoms with E-state index in [1.54, 1.807) is 12.0 Å². The summed E-state index contributed by atoms with van der Waals surface area (Å²) in [6.07, 6.45) is 2.30. The molecule has 1 fully saturated rings. The second-order valence-corrected chi connectivity index (χ2v) is 6.78. The summed E-state index contributed by atoms with van der Waals surface area (Å²) < 4.78 is 5.17. The molecule has 1 aromatic heterocycles. The molecule has 0 radical (unpaired) electrons. The van der Waals surface area contributed by atoms with E-state index in [-0.39, 0.29) is 17.6 Å². The normalized spacial score (nSPS) is 17.5. The number of benzene rings is 2. The third-order valence-corrected chi connectivity index (χ3v) is 5.08. The van der Waals surface area contributed by atoms with Crippen LogP contribution in [0.1, 0.15) is 35.0 Å². The quantitative estimate of drug-likeness (QED) is 0.738. The molecule has 1 aliphatic heterocycles. The number of aromatic nitrogens is 3. The Morgan fingerprint density at radius 1 is 1.18 bits per heavy atom. The average Bonchev–Trinajstić information content (AvgIpc) is 3.43. The maximum Gasteiger partial charge on any atom is 0.276 e. The van der Waals surface area contributed by atoms with E-state index in [9.17, 15) is 9.90 Å². The number of aliphatic hydroxyl groups is 1. The molecule has 28 heavy (non-hydrogen) atoms. The van der Waals surface area contributed by atoms with E-state index >= 15 is 0 Å². The predicted octanol–water partition coefficient (Wildman–Crippen LogP) is 2.61. The minimum absolute atomic E-state index is 0.211. The van der Waals surface area contributed by atoms with Crippen molar-refractivity contribution in [3.8, 4) is 11.4 Å². The van der Waals surface area contributed by atoms with Crippen LogP contribution >= 0.6 is 0 Å². The van der Waals surface area contributed by atoms with Gasteiger partial charge in [0.1, 0.15) is 5.75 Å². The van der Waals surface area contributed by atoms with Crippen LogP contribution in [0.5, 0.6) is 5.75 Å². The number of hydrogen-bond donors (Lipinski definition) is 1. The minimum Gasteiger partial charge on any atom is -0.497 e. The molecule has 7 heteroatoms. The number of likely N-dealkylation sites (tertiary alicyclic amines) is 1. The molecule has 7 nitrogen and oxygen atoms in total. The number of para-hydroxylation sites is 1. The van der Waals surface area contributed by atoms with Gasteiger partial charge in [-0.05, 0) is 42.7 Å². The molecule has 2 heterocycles. The summed E-state index contributed by atoms with van der Waals surface area (Å²) in [7, 11) is 1.60. The monoisotopic (exact) mass is 378 g/mol. The first-order valence-corrected chi connectivity index (χ1v) is 9.28. The van der Waals surface area contributed by atoms with Gasteiger partial charge in [0.25, 0.3) is 5.91 Å². The number of aliphatic hydroxyl groups excluding tert-OH is 1. The number of carbonyl (C=O) groups excluding carboxylic acids is 1. The van der Waals surface area contributed by atoms with Gasteiger partial charge < -0.3 is 14.7 Å². The Balaban J connectivity index is 1.52. The van der Waals surface area contributed by atoms with E-state index < -0.39 is 6.10 Å². The molecule has 2 atom stereocenters. The van der Waals surface area contributed by atoms with Crippen LogP contribution in [0.15, 0.2) is 60.8 Å². The lowest BCUT2D eigenvalue weighted by Crippen LogP contribution is -2.39. The highest BCUT2D eigenvalue weighted by Gasteiger charge is 2.36. The second kappa shape index (κ2) is 7.82. The van der Waals surface area contributed by atoms with Crippen LogP contribution in [0.2, 0.25) is 0 Å². The van der Waals surface area contributed by atoms with Crippen molar-refractivity contribution in [3.63, 3.8) is 0 Å². The topological polar surface area (TPSA) is 80.5 Å². The Labute approximate surface area is 163 Å². The van der Waals surface area contributed by atoms with Gasteiger partial charge in [-0.25, -0.2) is 0 Å². The number of amides is 1. The highest BCUT2D eigenvalue weighted by atomic mass is 16.5. The number of carbonyl (C=O) groups is 1. The zero-order valence-corrected chi connectivity index (χ0v) is 15.6. The summed E-state index contributed by atoms with van der Waals surface area (Å²) in [6.45, 7) is 0.592. The van der Waals surface area contributed by atoms with Gasteiger partial charge in [-0.1, -0.05) is 30.3 Å². The van der Waals surface area contributed by atoms with E-state index in [0.29, 0.717) is 6.54 Å². The standard InChI is InChI=1S/C21H22N4O3/c1-28-17-11-9-15(10-12-17)20(26)19-8-5-13-24(19)21(27)18-14-22-25(23-18)16-6-3-2-4-7-16/h2-4,6-7,9-12,14,19-20,26H,5,8,13H2,1H3. The van der Waals surface area contributed by atoms with Crippen molar-refractivity contribution in [2.45, 2.75) is 25.0 Å². The molecule has 0 bridgehead atoms. The molecular weight excluding hydrogens is 356 g/mol. The van der Waals surface area contributed by atoms with Gasteiger partial charge in [-0.15, -0.1) is 5.10 Å². The predicted molar refractivity (Wildman–Crippen MR) is 103 cm³/mol. The Kier molecular flexibility index (Phi) is 5.08. The number of hydrogen-bond acceptors (Lipinski definition) is 5. The Morgan fingerprint density at radius 2 is 1.93 bits per heavy atom. The van der Waals surface area contributed by atoms with Gasteiger partial charge in [-0.3, -0.25) is 4.79 Å². The molecule has 1 N–H and O–H groups in total. The van der Waals surface area contributed by atoms with Gasteiger partial charge in [0, 0.05) is 6.54 Å². The third-order valence-electron chi connectivity index (χ3n) is 5.08. The number of rotatable bonds is 5. The summed E-state index contributed by atoms with van der Waals surface area (Å²) in [5.41, 5.74) is 1.83. The molecule has 0 saturated carbocycles. The summed E-state index contributed by atoms with van der Waals surface area (Å²) in [6, 6.07) is 16.4. The van der Waals surface area contributed by atoms with Crippen molar-refractivity contribution >= 4 is 5.91 Å². The molecule has 1 amide bonds.